The number of hydrogen-bond acceptors (Lipinski definition) is 6. The third-order valence-electron chi connectivity index (χ3n) is 3.32. The van der Waals surface area contributed by atoms with Gasteiger partial charge in [0.2, 0.25) is 0 Å². The molecular formula is C17H17ClF2N2O4S. The second-order valence-electron chi connectivity index (χ2n) is 5.25. The number of carbonyl (C=O) groups excluding carboxylic acids is 1. The Morgan fingerprint density at radius 1 is 1.33 bits per heavy atom. The lowest BCUT2D eigenvalue weighted by Crippen LogP contribution is -2.29. The summed E-state index contributed by atoms with van der Waals surface area (Å²) in [6.45, 7) is -2.77. The summed E-state index contributed by atoms with van der Waals surface area (Å²) in [5.41, 5.74) is 0.530. The van der Waals surface area contributed by atoms with Crippen molar-refractivity contribution in [1.82, 2.24) is 4.90 Å². The van der Waals surface area contributed by atoms with Gasteiger partial charge in [0.25, 0.3) is 5.91 Å². The number of hydrogen-bond donors (Lipinski definition) is 0. The molecule has 146 valence electrons. The zero-order valence-corrected chi connectivity index (χ0v) is 16.1. The summed E-state index contributed by atoms with van der Waals surface area (Å²) in [5, 5.41) is 3.71. The number of nitrogens with zero attached hydrogens (tertiary/aromatic N) is 2. The normalized spacial score (nSPS) is 11.0. The van der Waals surface area contributed by atoms with Gasteiger partial charge in [-0.3, -0.25) is 4.79 Å². The molecule has 6 nitrogen and oxygen atoms in total. The third kappa shape index (κ3) is 6.69. The van der Waals surface area contributed by atoms with Gasteiger partial charge in [0.05, 0.1) is 24.2 Å². The van der Waals surface area contributed by atoms with Gasteiger partial charge in [-0.15, -0.1) is 11.3 Å². The summed E-state index contributed by atoms with van der Waals surface area (Å²) >= 11 is 7.26. The van der Waals surface area contributed by atoms with E-state index in [-0.39, 0.29) is 24.0 Å². The van der Waals surface area contributed by atoms with Crippen LogP contribution < -0.4 is 9.47 Å². The van der Waals surface area contributed by atoms with E-state index in [4.69, 9.17) is 21.2 Å². The number of halogens is 3. The summed E-state index contributed by atoms with van der Waals surface area (Å²) < 4.78 is 34.6. The molecule has 0 aliphatic carbocycles. The molecule has 1 aromatic heterocycles. The summed E-state index contributed by atoms with van der Waals surface area (Å²) in [6, 6.07) is 7.91. The highest BCUT2D eigenvalue weighted by Gasteiger charge is 2.12. The fraction of sp³-hybridized carbons (Fsp3) is 0.294. The minimum Gasteiger partial charge on any atom is -0.493 e. The number of ether oxygens (including phenoxy) is 2. The zero-order chi connectivity index (χ0) is 19.8. The van der Waals surface area contributed by atoms with Crippen molar-refractivity contribution in [2.75, 3.05) is 20.8 Å². The molecule has 0 spiro atoms. The number of alkyl halides is 2. The first-order valence-electron chi connectivity index (χ1n) is 7.65. The van der Waals surface area contributed by atoms with Crippen molar-refractivity contribution in [1.29, 1.82) is 0 Å². The molecule has 2 rings (SSSR count). The van der Waals surface area contributed by atoms with E-state index < -0.39 is 6.61 Å². The Kier molecular flexibility index (Phi) is 7.81. The number of oxime groups is 1. The Hall–Kier alpha value is -2.39. The van der Waals surface area contributed by atoms with Gasteiger partial charge >= 0.3 is 6.61 Å². The van der Waals surface area contributed by atoms with Crippen LogP contribution in [-0.4, -0.2) is 44.4 Å². The second-order valence-corrected chi connectivity index (χ2v) is 7.05. The third-order valence-corrected chi connectivity index (χ3v) is 4.53. The molecule has 0 fully saturated rings. The minimum atomic E-state index is -2.95. The van der Waals surface area contributed by atoms with Gasteiger partial charge in [0, 0.05) is 17.5 Å². The largest absolute Gasteiger partial charge is 0.493 e. The molecule has 0 N–H and O–H groups in total. The summed E-state index contributed by atoms with van der Waals surface area (Å²) in [7, 11) is 2.98. The summed E-state index contributed by atoms with van der Waals surface area (Å²) in [5.74, 6) is -0.212. The molecule has 0 aliphatic heterocycles. The number of rotatable bonds is 9. The Morgan fingerprint density at radius 3 is 2.74 bits per heavy atom. The molecule has 0 bridgehead atoms. The fourth-order valence-corrected chi connectivity index (χ4v) is 3.16. The predicted molar refractivity (Wildman–Crippen MR) is 99.0 cm³/mol. The first-order valence-corrected chi connectivity index (χ1v) is 8.85. The van der Waals surface area contributed by atoms with E-state index >= 15 is 0 Å². The molecular weight excluding hydrogens is 402 g/mol. The number of benzene rings is 1. The molecule has 0 saturated heterocycles. The number of likely N-dealkylation sites (N-methyl/N-ethyl adjacent to an activating group) is 1. The SMILES string of the molecule is COc1cc(/C=N/OCC(=O)N(C)Cc2ccc(Cl)s2)ccc1OC(F)F. The molecule has 0 radical (unpaired) electrons. The maximum atomic E-state index is 12.3. The number of thiophene rings is 1. The highest BCUT2D eigenvalue weighted by atomic mass is 35.5. The Balaban J connectivity index is 1.85. The van der Waals surface area contributed by atoms with Gasteiger partial charge in [0.15, 0.2) is 18.1 Å². The molecule has 0 unspecified atom stereocenters. The Morgan fingerprint density at radius 2 is 2.11 bits per heavy atom. The van der Waals surface area contributed by atoms with Crippen LogP contribution in [-0.2, 0) is 16.2 Å². The van der Waals surface area contributed by atoms with Gasteiger partial charge in [-0.05, 0) is 30.3 Å². The quantitative estimate of drug-likeness (QED) is 0.456. The van der Waals surface area contributed by atoms with Crippen molar-refractivity contribution >= 4 is 35.1 Å². The first kappa shape index (κ1) is 20.9. The van der Waals surface area contributed by atoms with Crippen molar-refractivity contribution in [3.8, 4) is 11.5 Å². The minimum absolute atomic E-state index is 0.0870. The van der Waals surface area contributed by atoms with Crippen LogP contribution in [0.2, 0.25) is 4.34 Å². The van der Waals surface area contributed by atoms with E-state index in [9.17, 15) is 13.6 Å². The topological polar surface area (TPSA) is 60.4 Å². The molecule has 1 aromatic carbocycles. The van der Waals surface area contributed by atoms with Crippen molar-refractivity contribution in [3.63, 3.8) is 0 Å². The van der Waals surface area contributed by atoms with E-state index in [0.29, 0.717) is 16.4 Å². The lowest BCUT2D eigenvalue weighted by Gasteiger charge is -2.15. The van der Waals surface area contributed by atoms with E-state index in [0.717, 1.165) is 4.88 Å². The molecule has 2 aromatic rings. The molecule has 10 heteroatoms. The molecule has 1 heterocycles. The zero-order valence-electron chi connectivity index (χ0n) is 14.5. The smallest absolute Gasteiger partial charge is 0.387 e. The lowest BCUT2D eigenvalue weighted by atomic mass is 10.2. The maximum absolute atomic E-state index is 12.3. The van der Waals surface area contributed by atoms with Gasteiger partial charge < -0.3 is 19.2 Å². The average molecular weight is 419 g/mol. The van der Waals surface area contributed by atoms with Crippen molar-refractivity contribution in [3.05, 3.63) is 45.1 Å². The van der Waals surface area contributed by atoms with Crippen LogP contribution in [0.25, 0.3) is 0 Å². The molecule has 0 saturated carbocycles. The van der Waals surface area contributed by atoms with Crippen LogP contribution in [0.3, 0.4) is 0 Å². The van der Waals surface area contributed by atoms with Crippen LogP contribution in [0.15, 0.2) is 35.5 Å². The van der Waals surface area contributed by atoms with Crippen LogP contribution in [0.1, 0.15) is 10.4 Å². The van der Waals surface area contributed by atoms with Crippen molar-refractivity contribution < 1.29 is 27.9 Å². The average Bonchev–Trinajstić information content (AvgIpc) is 3.03. The van der Waals surface area contributed by atoms with E-state index in [1.54, 1.807) is 13.1 Å². The first-order chi connectivity index (χ1) is 12.9. The Bertz CT molecular complexity index is 801. The Labute approximate surface area is 163 Å². The monoisotopic (exact) mass is 418 g/mol. The standard InChI is InChI=1S/C17H17ClF2N2O4S/c1-22(9-12-4-6-15(18)27-12)16(23)10-25-21-8-11-3-5-13(26-17(19)20)14(7-11)24-2/h3-8,17H,9-10H2,1-2H3/b21-8+. The van der Waals surface area contributed by atoms with Crippen molar-refractivity contribution in [2.24, 2.45) is 5.16 Å². The van der Waals surface area contributed by atoms with Gasteiger partial charge in [-0.25, -0.2) is 0 Å². The van der Waals surface area contributed by atoms with E-state index in [1.807, 2.05) is 6.07 Å². The highest BCUT2D eigenvalue weighted by molar-refractivity contribution is 7.16. The van der Waals surface area contributed by atoms with Gasteiger partial charge in [0.1, 0.15) is 0 Å². The van der Waals surface area contributed by atoms with Crippen LogP contribution in [0, 0.1) is 0 Å². The molecule has 0 atom stereocenters. The number of methoxy groups -OCH3 is 1. The maximum Gasteiger partial charge on any atom is 0.387 e. The van der Waals surface area contributed by atoms with Crippen LogP contribution in [0.5, 0.6) is 11.5 Å². The summed E-state index contributed by atoms with van der Waals surface area (Å²) in [4.78, 5) is 19.5. The van der Waals surface area contributed by atoms with Gasteiger partial charge in [-0.2, -0.15) is 8.78 Å². The molecule has 27 heavy (non-hydrogen) atoms. The fourth-order valence-electron chi connectivity index (χ4n) is 2.02. The second kappa shape index (κ2) is 10.1. The number of amides is 1. The summed E-state index contributed by atoms with van der Waals surface area (Å²) in [6.07, 6.45) is 1.33. The molecule has 0 aliphatic rings. The van der Waals surface area contributed by atoms with Gasteiger partial charge in [-0.1, -0.05) is 16.8 Å². The van der Waals surface area contributed by atoms with Crippen molar-refractivity contribution in [2.45, 2.75) is 13.2 Å². The molecule has 1 amide bonds. The van der Waals surface area contributed by atoms with E-state index in [1.165, 1.54) is 47.8 Å². The van der Waals surface area contributed by atoms with Crippen LogP contribution in [0.4, 0.5) is 8.78 Å². The lowest BCUT2D eigenvalue weighted by molar-refractivity contribution is -0.135. The highest BCUT2D eigenvalue weighted by Crippen LogP contribution is 2.29. The predicted octanol–water partition coefficient (Wildman–Crippen LogP) is 4.02. The number of carbonyl (C=O) groups is 1. The van der Waals surface area contributed by atoms with Crippen LogP contribution >= 0.6 is 22.9 Å². The van der Waals surface area contributed by atoms with E-state index in [2.05, 4.69) is 9.89 Å².